The molecule has 0 fully saturated rings. The minimum atomic E-state index is 0.707. The van der Waals surface area contributed by atoms with Crippen LogP contribution in [0.25, 0.3) is 22.8 Å². The normalized spacial score (nSPS) is 10.7. The number of aromatic nitrogens is 3. The summed E-state index contributed by atoms with van der Waals surface area (Å²) >= 11 is 0. The molecule has 0 bridgehead atoms. The SMILES string of the molecule is C=Cc1cc(-n2nnc3ccccc32)ccc1N. The Balaban J connectivity index is 2.23. The highest BCUT2D eigenvalue weighted by Crippen LogP contribution is 2.20. The Labute approximate surface area is 104 Å². The number of para-hydroxylation sites is 1. The third kappa shape index (κ3) is 1.55. The Kier molecular flexibility index (Phi) is 2.34. The first-order valence-corrected chi connectivity index (χ1v) is 5.62. The van der Waals surface area contributed by atoms with Gasteiger partial charge in [-0.1, -0.05) is 30.0 Å². The van der Waals surface area contributed by atoms with Crippen LogP contribution in [0.5, 0.6) is 0 Å². The number of fused-ring (bicyclic) bond motifs is 1. The molecule has 1 aromatic heterocycles. The van der Waals surface area contributed by atoms with Gasteiger partial charge in [0, 0.05) is 5.69 Å². The molecule has 0 radical (unpaired) electrons. The van der Waals surface area contributed by atoms with Crippen LogP contribution in [0.4, 0.5) is 5.69 Å². The Bertz CT molecular complexity index is 727. The second kappa shape index (κ2) is 4.00. The number of hydrogen-bond acceptors (Lipinski definition) is 3. The molecule has 4 nitrogen and oxygen atoms in total. The van der Waals surface area contributed by atoms with E-state index in [-0.39, 0.29) is 0 Å². The summed E-state index contributed by atoms with van der Waals surface area (Å²) in [6.45, 7) is 3.75. The van der Waals surface area contributed by atoms with Gasteiger partial charge in [-0.15, -0.1) is 5.10 Å². The molecule has 0 aliphatic rings. The highest BCUT2D eigenvalue weighted by molar-refractivity contribution is 5.76. The smallest absolute Gasteiger partial charge is 0.113 e. The number of anilines is 1. The fourth-order valence-corrected chi connectivity index (χ4v) is 1.93. The van der Waals surface area contributed by atoms with Gasteiger partial charge in [0.05, 0.1) is 11.2 Å². The highest BCUT2D eigenvalue weighted by atomic mass is 15.4. The van der Waals surface area contributed by atoms with Crippen molar-refractivity contribution < 1.29 is 0 Å². The van der Waals surface area contributed by atoms with Crippen LogP contribution in [0.1, 0.15) is 5.56 Å². The molecule has 0 saturated heterocycles. The fourth-order valence-electron chi connectivity index (χ4n) is 1.93. The summed E-state index contributed by atoms with van der Waals surface area (Å²) in [5.74, 6) is 0. The Morgan fingerprint density at radius 2 is 2.00 bits per heavy atom. The molecule has 2 aromatic carbocycles. The maximum absolute atomic E-state index is 5.85. The van der Waals surface area contributed by atoms with Crippen LogP contribution < -0.4 is 5.73 Å². The lowest BCUT2D eigenvalue weighted by Crippen LogP contribution is -1.98. The van der Waals surface area contributed by atoms with E-state index in [1.54, 1.807) is 10.8 Å². The predicted molar refractivity (Wildman–Crippen MR) is 73.4 cm³/mol. The number of nitrogens with two attached hydrogens (primary N) is 1. The van der Waals surface area contributed by atoms with E-state index < -0.39 is 0 Å². The van der Waals surface area contributed by atoms with Crippen molar-refractivity contribution in [2.45, 2.75) is 0 Å². The predicted octanol–water partition coefficient (Wildman–Crippen LogP) is 2.65. The summed E-state index contributed by atoms with van der Waals surface area (Å²) in [5.41, 5.74) is 10.2. The Morgan fingerprint density at radius 3 is 2.83 bits per heavy atom. The van der Waals surface area contributed by atoms with E-state index in [1.807, 2.05) is 42.5 Å². The van der Waals surface area contributed by atoms with E-state index >= 15 is 0 Å². The second-order valence-corrected chi connectivity index (χ2v) is 4.01. The summed E-state index contributed by atoms with van der Waals surface area (Å²) in [6, 6.07) is 13.5. The van der Waals surface area contributed by atoms with Crippen LogP contribution in [0.15, 0.2) is 49.0 Å². The lowest BCUT2D eigenvalue weighted by molar-refractivity contribution is 0.824. The first kappa shape index (κ1) is 10.5. The molecule has 0 unspecified atom stereocenters. The molecule has 0 saturated carbocycles. The van der Waals surface area contributed by atoms with Crippen molar-refractivity contribution in [1.82, 2.24) is 15.0 Å². The second-order valence-electron chi connectivity index (χ2n) is 4.01. The molecule has 3 rings (SSSR count). The maximum Gasteiger partial charge on any atom is 0.113 e. The van der Waals surface area contributed by atoms with Gasteiger partial charge in [-0.2, -0.15) is 0 Å². The van der Waals surface area contributed by atoms with Crippen molar-refractivity contribution in [2.75, 3.05) is 5.73 Å². The van der Waals surface area contributed by atoms with E-state index in [0.29, 0.717) is 5.69 Å². The van der Waals surface area contributed by atoms with Crippen molar-refractivity contribution in [3.05, 3.63) is 54.6 Å². The third-order valence-electron chi connectivity index (χ3n) is 2.89. The minimum absolute atomic E-state index is 0.707. The van der Waals surface area contributed by atoms with Gasteiger partial charge in [0.25, 0.3) is 0 Å². The van der Waals surface area contributed by atoms with Gasteiger partial charge in [0.1, 0.15) is 5.52 Å². The number of benzene rings is 2. The van der Waals surface area contributed by atoms with Gasteiger partial charge < -0.3 is 5.73 Å². The number of nitrogen functional groups attached to an aromatic ring is 1. The van der Waals surface area contributed by atoms with Crippen LogP contribution >= 0.6 is 0 Å². The number of nitrogens with zero attached hydrogens (tertiary/aromatic N) is 3. The Morgan fingerprint density at radius 1 is 1.17 bits per heavy atom. The quantitative estimate of drug-likeness (QED) is 0.696. The summed E-state index contributed by atoms with van der Waals surface area (Å²) in [5, 5.41) is 8.29. The molecular weight excluding hydrogens is 224 g/mol. The summed E-state index contributed by atoms with van der Waals surface area (Å²) in [4.78, 5) is 0. The van der Waals surface area contributed by atoms with Crippen LogP contribution in [-0.2, 0) is 0 Å². The topological polar surface area (TPSA) is 56.7 Å². The van der Waals surface area contributed by atoms with Crippen molar-refractivity contribution >= 4 is 22.8 Å². The first-order valence-electron chi connectivity index (χ1n) is 5.62. The number of rotatable bonds is 2. The molecule has 0 atom stereocenters. The molecule has 2 N–H and O–H groups in total. The van der Waals surface area contributed by atoms with E-state index in [1.165, 1.54) is 0 Å². The average Bonchev–Trinajstić information content (AvgIpc) is 2.83. The maximum atomic E-state index is 5.85. The zero-order valence-corrected chi connectivity index (χ0v) is 9.74. The monoisotopic (exact) mass is 236 g/mol. The van der Waals surface area contributed by atoms with E-state index in [4.69, 9.17) is 5.73 Å². The van der Waals surface area contributed by atoms with Crippen LogP contribution in [-0.4, -0.2) is 15.0 Å². The fraction of sp³-hybridized carbons (Fsp3) is 0. The Hall–Kier alpha value is -2.62. The van der Waals surface area contributed by atoms with Crippen molar-refractivity contribution in [1.29, 1.82) is 0 Å². The van der Waals surface area contributed by atoms with Gasteiger partial charge in [0.15, 0.2) is 0 Å². The highest BCUT2D eigenvalue weighted by Gasteiger charge is 2.06. The molecule has 0 aliphatic carbocycles. The summed E-state index contributed by atoms with van der Waals surface area (Å²) < 4.78 is 1.79. The van der Waals surface area contributed by atoms with E-state index in [2.05, 4.69) is 16.9 Å². The summed E-state index contributed by atoms with van der Waals surface area (Å²) in [6.07, 6.45) is 1.73. The molecule has 18 heavy (non-hydrogen) atoms. The first-order chi connectivity index (χ1) is 8.79. The molecule has 0 spiro atoms. The zero-order valence-electron chi connectivity index (χ0n) is 9.74. The van der Waals surface area contributed by atoms with Gasteiger partial charge in [-0.3, -0.25) is 0 Å². The molecular formula is C14H12N4. The molecule has 3 aromatic rings. The van der Waals surface area contributed by atoms with Gasteiger partial charge in [-0.05, 0) is 35.9 Å². The lowest BCUT2D eigenvalue weighted by Gasteiger charge is -2.05. The van der Waals surface area contributed by atoms with E-state index in [0.717, 1.165) is 22.3 Å². The zero-order chi connectivity index (χ0) is 12.5. The standard InChI is InChI=1S/C14H12N4/c1-2-10-9-11(7-8-12(10)15)18-14-6-4-3-5-13(14)16-17-18/h2-9H,1,15H2. The van der Waals surface area contributed by atoms with Crippen LogP contribution in [0.3, 0.4) is 0 Å². The van der Waals surface area contributed by atoms with Crippen LogP contribution in [0, 0.1) is 0 Å². The molecule has 4 heteroatoms. The molecule has 1 heterocycles. The van der Waals surface area contributed by atoms with E-state index in [9.17, 15) is 0 Å². The average molecular weight is 236 g/mol. The van der Waals surface area contributed by atoms with Gasteiger partial charge in [-0.25, -0.2) is 4.68 Å². The molecule has 0 amide bonds. The number of hydrogen-bond donors (Lipinski definition) is 1. The third-order valence-corrected chi connectivity index (χ3v) is 2.89. The van der Waals surface area contributed by atoms with Gasteiger partial charge in [0.2, 0.25) is 0 Å². The molecule has 0 aliphatic heterocycles. The van der Waals surface area contributed by atoms with Crippen molar-refractivity contribution in [3.8, 4) is 5.69 Å². The largest absolute Gasteiger partial charge is 0.398 e. The van der Waals surface area contributed by atoms with Crippen molar-refractivity contribution in [3.63, 3.8) is 0 Å². The summed E-state index contributed by atoms with van der Waals surface area (Å²) in [7, 11) is 0. The minimum Gasteiger partial charge on any atom is -0.398 e. The molecule has 88 valence electrons. The van der Waals surface area contributed by atoms with Crippen molar-refractivity contribution in [2.24, 2.45) is 0 Å². The van der Waals surface area contributed by atoms with Crippen LogP contribution in [0.2, 0.25) is 0 Å². The lowest BCUT2D eigenvalue weighted by atomic mass is 10.1. The van der Waals surface area contributed by atoms with Gasteiger partial charge >= 0.3 is 0 Å².